The minimum atomic E-state index is -0.0973. The van der Waals surface area contributed by atoms with Gasteiger partial charge in [-0.3, -0.25) is 4.79 Å². The summed E-state index contributed by atoms with van der Waals surface area (Å²) in [5, 5.41) is 3.34. The smallest absolute Gasteiger partial charge is 0.241 e. The van der Waals surface area contributed by atoms with Crippen LogP contribution in [0.4, 0.5) is 0 Å². The lowest BCUT2D eigenvalue weighted by atomic mass is 9.69. The van der Waals surface area contributed by atoms with Crippen LogP contribution in [0.1, 0.15) is 23.6 Å². The molecule has 2 aliphatic rings. The molecule has 1 saturated heterocycles. The fraction of sp³-hybridized carbons (Fsp3) is 0.316. The first-order valence-electron chi connectivity index (χ1n) is 7.83. The zero-order chi connectivity index (χ0) is 15.2. The average Bonchev–Trinajstić information content (AvgIpc) is 2.58. The molecule has 2 aromatic carbocycles. The van der Waals surface area contributed by atoms with E-state index in [4.69, 9.17) is 0 Å². The molecule has 0 bridgehead atoms. The summed E-state index contributed by atoms with van der Waals surface area (Å²) >= 11 is 0. The molecular weight excluding hydrogens is 272 g/mol. The van der Waals surface area contributed by atoms with E-state index >= 15 is 0 Å². The van der Waals surface area contributed by atoms with E-state index in [2.05, 4.69) is 48.6 Å². The van der Waals surface area contributed by atoms with Gasteiger partial charge in [-0.2, -0.15) is 0 Å². The first-order chi connectivity index (χ1) is 10.7. The SMILES string of the molecule is CC12CNC1C(=O)N(Cc1ccccc1)Cc1ccccc12. The van der Waals surface area contributed by atoms with E-state index in [9.17, 15) is 4.79 Å². The number of carbonyl (C=O) groups excluding carboxylic acids is 1. The molecule has 112 valence electrons. The van der Waals surface area contributed by atoms with Gasteiger partial charge in [-0.15, -0.1) is 0 Å². The Labute approximate surface area is 131 Å². The molecule has 3 nitrogen and oxygen atoms in total. The third kappa shape index (κ3) is 1.97. The molecule has 2 unspecified atom stereocenters. The number of rotatable bonds is 2. The standard InChI is InChI=1S/C19H20N2O/c1-19-13-20-17(19)18(22)21(11-14-7-3-2-4-8-14)12-15-9-5-6-10-16(15)19/h2-10,17,20H,11-13H2,1H3. The van der Waals surface area contributed by atoms with Crippen LogP contribution in [0.15, 0.2) is 54.6 Å². The second-order valence-electron chi connectivity index (χ2n) is 6.57. The lowest BCUT2D eigenvalue weighted by molar-refractivity contribution is -0.138. The Morgan fingerprint density at radius 2 is 1.86 bits per heavy atom. The Balaban J connectivity index is 1.72. The van der Waals surface area contributed by atoms with Crippen molar-refractivity contribution in [1.82, 2.24) is 10.2 Å². The molecule has 2 aromatic rings. The molecule has 0 aliphatic carbocycles. The van der Waals surface area contributed by atoms with E-state index in [0.717, 1.165) is 6.54 Å². The van der Waals surface area contributed by atoms with Crippen molar-refractivity contribution in [2.24, 2.45) is 0 Å². The van der Waals surface area contributed by atoms with Gasteiger partial charge in [-0.25, -0.2) is 0 Å². The summed E-state index contributed by atoms with van der Waals surface area (Å²) in [6.07, 6.45) is 0. The zero-order valence-electron chi connectivity index (χ0n) is 12.8. The molecule has 0 spiro atoms. The van der Waals surface area contributed by atoms with Crippen LogP contribution in [0.3, 0.4) is 0 Å². The maximum absolute atomic E-state index is 12.9. The van der Waals surface area contributed by atoms with Crippen molar-refractivity contribution in [3.05, 3.63) is 71.3 Å². The van der Waals surface area contributed by atoms with E-state index in [1.807, 2.05) is 23.1 Å². The second kappa shape index (κ2) is 4.96. The van der Waals surface area contributed by atoms with Crippen LogP contribution in [0.5, 0.6) is 0 Å². The highest BCUT2D eigenvalue weighted by molar-refractivity contribution is 5.86. The van der Waals surface area contributed by atoms with Crippen molar-refractivity contribution in [1.29, 1.82) is 0 Å². The Morgan fingerprint density at radius 1 is 1.14 bits per heavy atom. The van der Waals surface area contributed by atoms with E-state index in [0.29, 0.717) is 13.1 Å². The first kappa shape index (κ1) is 13.5. The number of carbonyl (C=O) groups is 1. The molecule has 0 saturated carbocycles. The number of nitrogens with one attached hydrogen (secondary N) is 1. The van der Waals surface area contributed by atoms with Gasteiger partial charge in [0.05, 0.1) is 6.04 Å². The van der Waals surface area contributed by atoms with Gasteiger partial charge in [-0.05, 0) is 16.7 Å². The molecule has 2 atom stereocenters. The first-order valence-corrected chi connectivity index (χ1v) is 7.83. The largest absolute Gasteiger partial charge is 0.333 e. The summed E-state index contributed by atoms with van der Waals surface area (Å²) in [7, 11) is 0. The maximum Gasteiger partial charge on any atom is 0.241 e. The Morgan fingerprint density at radius 3 is 2.59 bits per heavy atom. The normalized spacial score (nSPS) is 26.7. The Bertz CT molecular complexity index is 712. The van der Waals surface area contributed by atoms with Gasteiger partial charge in [0.25, 0.3) is 0 Å². The molecule has 22 heavy (non-hydrogen) atoms. The summed E-state index contributed by atoms with van der Waals surface area (Å²) in [6, 6.07) is 18.6. The number of amides is 1. The Hall–Kier alpha value is -2.13. The lowest BCUT2D eigenvalue weighted by Gasteiger charge is -2.47. The van der Waals surface area contributed by atoms with Crippen molar-refractivity contribution in [2.45, 2.75) is 31.5 Å². The van der Waals surface area contributed by atoms with Gasteiger partial charge in [0.1, 0.15) is 0 Å². The molecule has 1 amide bonds. The quantitative estimate of drug-likeness (QED) is 0.922. The van der Waals surface area contributed by atoms with Crippen molar-refractivity contribution in [2.75, 3.05) is 6.54 Å². The highest BCUT2D eigenvalue weighted by Gasteiger charge is 2.51. The lowest BCUT2D eigenvalue weighted by Crippen LogP contribution is -2.68. The number of fused-ring (bicyclic) bond motifs is 3. The molecule has 2 heterocycles. The molecular formula is C19H20N2O. The van der Waals surface area contributed by atoms with Crippen molar-refractivity contribution in [3.8, 4) is 0 Å². The maximum atomic E-state index is 12.9. The zero-order valence-corrected chi connectivity index (χ0v) is 12.8. The van der Waals surface area contributed by atoms with Gasteiger partial charge < -0.3 is 10.2 Å². The minimum Gasteiger partial charge on any atom is -0.333 e. The number of nitrogens with zero attached hydrogens (tertiary/aromatic N) is 1. The Kier molecular flexibility index (Phi) is 3.05. The molecule has 4 rings (SSSR count). The van der Waals surface area contributed by atoms with Crippen LogP contribution < -0.4 is 5.32 Å². The molecule has 0 radical (unpaired) electrons. The molecule has 0 aromatic heterocycles. The van der Waals surface area contributed by atoms with Crippen LogP contribution in [-0.2, 0) is 23.3 Å². The van der Waals surface area contributed by atoms with Crippen LogP contribution >= 0.6 is 0 Å². The van der Waals surface area contributed by atoms with E-state index in [-0.39, 0.29) is 17.4 Å². The van der Waals surface area contributed by atoms with E-state index in [1.165, 1.54) is 16.7 Å². The third-order valence-electron chi connectivity index (χ3n) is 5.08. The summed E-state index contributed by atoms with van der Waals surface area (Å²) < 4.78 is 0. The number of benzene rings is 2. The third-order valence-corrected chi connectivity index (χ3v) is 5.08. The summed E-state index contributed by atoms with van der Waals surface area (Å²) in [4.78, 5) is 14.9. The van der Waals surface area contributed by atoms with E-state index < -0.39 is 0 Å². The second-order valence-corrected chi connectivity index (χ2v) is 6.57. The number of hydrogen-bond acceptors (Lipinski definition) is 2. The topological polar surface area (TPSA) is 32.3 Å². The predicted octanol–water partition coefficient (Wildman–Crippen LogP) is 2.46. The highest BCUT2D eigenvalue weighted by Crippen LogP contribution is 2.39. The fourth-order valence-corrected chi connectivity index (χ4v) is 3.74. The summed E-state index contributed by atoms with van der Waals surface area (Å²) in [5.41, 5.74) is 3.70. The molecule has 1 N–H and O–H groups in total. The van der Waals surface area contributed by atoms with Crippen molar-refractivity contribution >= 4 is 5.91 Å². The van der Waals surface area contributed by atoms with E-state index in [1.54, 1.807) is 0 Å². The van der Waals surface area contributed by atoms with Crippen molar-refractivity contribution in [3.63, 3.8) is 0 Å². The predicted molar refractivity (Wildman–Crippen MR) is 86.3 cm³/mol. The van der Waals surface area contributed by atoms with Gasteiger partial charge in [0.15, 0.2) is 0 Å². The minimum absolute atomic E-state index is 0.0703. The van der Waals surface area contributed by atoms with Gasteiger partial charge in [0, 0.05) is 25.0 Å². The highest BCUT2D eigenvalue weighted by atomic mass is 16.2. The van der Waals surface area contributed by atoms with Crippen LogP contribution in [0.2, 0.25) is 0 Å². The summed E-state index contributed by atoms with van der Waals surface area (Å²) in [6.45, 7) is 4.44. The van der Waals surface area contributed by atoms with Gasteiger partial charge in [-0.1, -0.05) is 61.5 Å². The van der Waals surface area contributed by atoms with Gasteiger partial charge in [0.2, 0.25) is 5.91 Å². The fourth-order valence-electron chi connectivity index (χ4n) is 3.74. The number of hydrogen-bond donors (Lipinski definition) is 1. The van der Waals surface area contributed by atoms with Crippen LogP contribution in [0.25, 0.3) is 0 Å². The monoisotopic (exact) mass is 292 g/mol. The molecule has 3 heteroatoms. The summed E-state index contributed by atoms with van der Waals surface area (Å²) in [5.74, 6) is 0.216. The van der Waals surface area contributed by atoms with Crippen molar-refractivity contribution < 1.29 is 4.79 Å². The van der Waals surface area contributed by atoms with Crippen LogP contribution in [0, 0.1) is 0 Å². The molecule has 1 fully saturated rings. The van der Waals surface area contributed by atoms with Crippen LogP contribution in [-0.4, -0.2) is 23.4 Å². The molecule has 2 aliphatic heterocycles. The average molecular weight is 292 g/mol. The van der Waals surface area contributed by atoms with Gasteiger partial charge >= 0.3 is 0 Å².